The molecule has 3 N–H and O–H groups in total. The van der Waals surface area contributed by atoms with Gasteiger partial charge < -0.3 is 15.7 Å². The summed E-state index contributed by atoms with van der Waals surface area (Å²) in [6.45, 7) is 0. The SMILES string of the molecule is O=C1Nc2cc(C(=O)Nc3ccccc3)ccc2C1=CO. The van der Waals surface area contributed by atoms with Crippen LogP contribution in [0, 0.1) is 0 Å². The molecule has 0 aliphatic carbocycles. The quantitative estimate of drug-likeness (QED) is 0.584. The number of benzene rings is 2. The molecule has 1 heterocycles. The Balaban J connectivity index is 1.87. The summed E-state index contributed by atoms with van der Waals surface area (Å²) in [5.74, 6) is -0.646. The molecule has 0 unspecified atom stereocenters. The van der Waals surface area contributed by atoms with Crippen molar-refractivity contribution in [2.24, 2.45) is 0 Å². The van der Waals surface area contributed by atoms with Gasteiger partial charge in [-0.2, -0.15) is 0 Å². The van der Waals surface area contributed by atoms with Crippen molar-refractivity contribution in [2.45, 2.75) is 0 Å². The average Bonchev–Trinajstić information content (AvgIpc) is 2.82. The van der Waals surface area contributed by atoms with E-state index in [0.29, 0.717) is 22.5 Å². The normalized spacial score (nSPS) is 14.7. The zero-order valence-electron chi connectivity index (χ0n) is 11.0. The fourth-order valence-electron chi connectivity index (χ4n) is 2.19. The second-order valence-electron chi connectivity index (χ2n) is 4.58. The Morgan fingerprint density at radius 1 is 1.14 bits per heavy atom. The van der Waals surface area contributed by atoms with Crippen LogP contribution in [-0.2, 0) is 4.79 Å². The monoisotopic (exact) mass is 280 g/mol. The lowest BCUT2D eigenvalue weighted by Crippen LogP contribution is -2.12. The summed E-state index contributed by atoms with van der Waals surface area (Å²) in [5, 5.41) is 14.4. The van der Waals surface area contributed by atoms with Crippen molar-refractivity contribution in [3.05, 3.63) is 65.9 Å². The first-order valence-corrected chi connectivity index (χ1v) is 6.35. The minimum atomic E-state index is -0.381. The average molecular weight is 280 g/mol. The molecule has 0 aromatic heterocycles. The van der Waals surface area contributed by atoms with Gasteiger partial charge in [-0.3, -0.25) is 9.59 Å². The Bertz CT molecular complexity index is 751. The first-order chi connectivity index (χ1) is 10.2. The Morgan fingerprint density at radius 2 is 1.90 bits per heavy atom. The van der Waals surface area contributed by atoms with Crippen molar-refractivity contribution in [1.29, 1.82) is 0 Å². The molecule has 0 fully saturated rings. The van der Waals surface area contributed by atoms with E-state index in [1.165, 1.54) is 0 Å². The molecule has 1 aliphatic heterocycles. The van der Waals surface area contributed by atoms with Crippen LogP contribution in [0.5, 0.6) is 0 Å². The highest BCUT2D eigenvalue weighted by Crippen LogP contribution is 2.32. The topological polar surface area (TPSA) is 78.4 Å². The van der Waals surface area contributed by atoms with Crippen LogP contribution in [0.15, 0.2) is 54.8 Å². The third-order valence-electron chi connectivity index (χ3n) is 3.23. The van der Waals surface area contributed by atoms with E-state index < -0.39 is 0 Å². The van der Waals surface area contributed by atoms with Crippen LogP contribution in [0.4, 0.5) is 11.4 Å². The molecule has 5 nitrogen and oxygen atoms in total. The fourth-order valence-corrected chi connectivity index (χ4v) is 2.19. The molecule has 0 saturated heterocycles. The van der Waals surface area contributed by atoms with E-state index >= 15 is 0 Å². The van der Waals surface area contributed by atoms with Gasteiger partial charge in [-0.05, 0) is 24.3 Å². The van der Waals surface area contributed by atoms with Crippen molar-refractivity contribution in [3.63, 3.8) is 0 Å². The predicted molar refractivity (Wildman–Crippen MR) is 80.1 cm³/mol. The zero-order chi connectivity index (χ0) is 14.8. The Morgan fingerprint density at radius 3 is 2.62 bits per heavy atom. The molecule has 3 rings (SSSR count). The lowest BCUT2D eigenvalue weighted by molar-refractivity contribution is -0.110. The molecule has 0 radical (unpaired) electrons. The maximum Gasteiger partial charge on any atom is 0.259 e. The van der Waals surface area contributed by atoms with Gasteiger partial charge in [-0.15, -0.1) is 0 Å². The summed E-state index contributed by atoms with van der Waals surface area (Å²) in [6.07, 6.45) is 0.769. The summed E-state index contributed by atoms with van der Waals surface area (Å²) in [5.41, 5.74) is 2.42. The number of amides is 2. The summed E-state index contributed by atoms with van der Waals surface area (Å²) in [4.78, 5) is 23.8. The van der Waals surface area contributed by atoms with Crippen LogP contribution in [0.3, 0.4) is 0 Å². The minimum Gasteiger partial charge on any atom is -0.515 e. The van der Waals surface area contributed by atoms with Crippen molar-refractivity contribution in [1.82, 2.24) is 0 Å². The number of nitrogens with one attached hydrogen (secondary N) is 2. The molecule has 2 amide bonds. The summed E-state index contributed by atoms with van der Waals surface area (Å²) < 4.78 is 0. The molecule has 5 heteroatoms. The number of aliphatic hydroxyl groups is 1. The molecule has 0 saturated carbocycles. The highest BCUT2D eigenvalue weighted by atomic mass is 16.2. The van der Waals surface area contributed by atoms with Gasteiger partial charge in [-0.1, -0.05) is 24.3 Å². The summed E-state index contributed by atoms with van der Waals surface area (Å²) in [6, 6.07) is 13.9. The van der Waals surface area contributed by atoms with Gasteiger partial charge in [-0.25, -0.2) is 0 Å². The second-order valence-corrected chi connectivity index (χ2v) is 4.58. The van der Waals surface area contributed by atoms with Crippen LogP contribution in [0.2, 0.25) is 0 Å². The van der Waals surface area contributed by atoms with E-state index in [4.69, 9.17) is 5.11 Å². The number of anilines is 2. The van der Waals surface area contributed by atoms with Gasteiger partial charge in [0.15, 0.2) is 0 Å². The fraction of sp³-hybridized carbons (Fsp3) is 0. The molecular formula is C16H12N2O3. The third kappa shape index (κ3) is 2.36. The molecule has 21 heavy (non-hydrogen) atoms. The molecule has 1 aliphatic rings. The number of para-hydroxylation sites is 1. The highest BCUT2D eigenvalue weighted by molar-refractivity contribution is 6.31. The smallest absolute Gasteiger partial charge is 0.259 e. The predicted octanol–water partition coefficient (Wildman–Crippen LogP) is 2.79. The van der Waals surface area contributed by atoms with Crippen molar-refractivity contribution in [2.75, 3.05) is 10.6 Å². The van der Waals surface area contributed by atoms with E-state index in [2.05, 4.69) is 10.6 Å². The Labute approximate surface area is 120 Å². The van der Waals surface area contributed by atoms with Gasteiger partial charge in [0.1, 0.15) is 0 Å². The van der Waals surface area contributed by atoms with Crippen LogP contribution < -0.4 is 10.6 Å². The Kier molecular flexibility index (Phi) is 3.16. The standard InChI is InChI=1S/C16H12N2O3/c19-9-13-12-7-6-10(8-14(12)18-16(13)21)15(20)17-11-4-2-1-3-5-11/h1-9,19H,(H,17,20)(H,18,21). The van der Waals surface area contributed by atoms with E-state index in [-0.39, 0.29) is 17.4 Å². The van der Waals surface area contributed by atoms with Crippen LogP contribution in [-0.4, -0.2) is 16.9 Å². The summed E-state index contributed by atoms with van der Waals surface area (Å²) in [7, 11) is 0. The maximum absolute atomic E-state index is 12.2. The van der Waals surface area contributed by atoms with Crippen molar-refractivity contribution in [3.8, 4) is 0 Å². The number of aliphatic hydroxyl groups excluding tert-OH is 1. The van der Waals surface area contributed by atoms with Gasteiger partial charge in [0.25, 0.3) is 11.8 Å². The number of fused-ring (bicyclic) bond motifs is 1. The van der Waals surface area contributed by atoms with Gasteiger partial charge >= 0.3 is 0 Å². The third-order valence-corrected chi connectivity index (χ3v) is 3.23. The van der Waals surface area contributed by atoms with E-state index in [1.807, 2.05) is 18.2 Å². The van der Waals surface area contributed by atoms with E-state index in [1.54, 1.807) is 30.3 Å². The first-order valence-electron chi connectivity index (χ1n) is 6.35. The number of hydrogen-bond acceptors (Lipinski definition) is 3. The number of carbonyl (C=O) groups is 2. The lowest BCUT2D eigenvalue weighted by atomic mass is 10.1. The molecule has 104 valence electrons. The van der Waals surface area contributed by atoms with Crippen molar-refractivity contribution >= 4 is 28.8 Å². The van der Waals surface area contributed by atoms with Crippen LogP contribution >= 0.6 is 0 Å². The molecular weight excluding hydrogens is 268 g/mol. The number of hydrogen-bond donors (Lipinski definition) is 3. The van der Waals surface area contributed by atoms with E-state index in [9.17, 15) is 9.59 Å². The number of carbonyl (C=O) groups excluding carboxylic acids is 2. The highest BCUT2D eigenvalue weighted by Gasteiger charge is 2.25. The van der Waals surface area contributed by atoms with Gasteiger partial charge in [0, 0.05) is 22.5 Å². The Hall–Kier alpha value is -3.08. The zero-order valence-corrected chi connectivity index (χ0v) is 11.0. The molecule has 0 bridgehead atoms. The maximum atomic E-state index is 12.2. The molecule has 2 aromatic carbocycles. The van der Waals surface area contributed by atoms with E-state index in [0.717, 1.165) is 6.26 Å². The van der Waals surface area contributed by atoms with Crippen LogP contribution in [0.25, 0.3) is 5.57 Å². The number of rotatable bonds is 2. The summed E-state index contributed by atoms with van der Waals surface area (Å²) >= 11 is 0. The molecule has 2 aromatic rings. The first kappa shape index (κ1) is 12.9. The van der Waals surface area contributed by atoms with Crippen LogP contribution in [0.1, 0.15) is 15.9 Å². The van der Waals surface area contributed by atoms with Crippen molar-refractivity contribution < 1.29 is 14.7 Å². The second kappa shape index (κ2) is 5.13. The lowest BCUT2D eigenvalue weighted by Gasteiger charge is -2.06. The minimum absolute atomic E-state index is 0.194. The largest absolute Gasteiger partial charge is 0.515 e. The van der Waals surface area contributed by atoms with Gasteiger partial charge in [0.2, 0.25) is 0 Å². The molecule has 0 spiro atoms. The van der Waals surface area contributed by atoms with Gasteiger partial charge in [0.05, 0.1) is 11.8 Å². The molecule has 0 atom stereocenters.